The maximum absolute atomic E-state index is 11.4. The maximum Gasteiger partial charge on any atom is 0.248 e. The van der Waals surface area contributed by atoms with Gasteiger partial charge in [0.1, 0.15) is 6.10 Å². The monoisotopic (exact) mass is 245 g/mol. The second-order valence-electron chi connectivity index (χ2n) is 4.65. The van der Waals surface area contributed by atoms with Gasteiger partial charge in [-0.2, -0.15) is 0 Å². The van der Waals surface area contributed by atoms with E-state index < -0.39 is 23.3 Å². The lowest BCUT2D eigenvalue weighted by Crippen LogP contribution is -2.45. The van der Waals surface area contributed by atoms with Crippen molar-refractivity contribution in [3.63, 3.8) is 0 Å². The lowest BCUT2D eigenvalue weighted by molar-refractivity contribution is -0.131. The summed E-state index contributed by atoms with van der Waals surface area (Å²) in [5, 5.41) is 13.7. The largest absolute Gasteiger partial charge is 0.381 e. The quantitative estimate of drug-likeness (QED) is 0.452. The number of primary amides is 1. The van der Waals surface area contributed by atoms with Crippen molar-refractivity contribution in [3.05, 3.63) is 0 Å². The number of amides is 3. The average molecular weight is 245 g/mol. The van der Waals surface area contributed by atoms with Crippen LogP contribution in [0, 0.1) is 5.41 Å². The molecule has 7 nitrogen and oxygen atoms in total. The van der Waals surface area contributed by atoms with Crippen LogP contribution in [0.2, 0.25) is 0 Å². The molecular weight excluding hydrogens is 226 g/mol. The maximum atomic E-state index is 11.4. The van der Waals surface area contributed by atoms with Crippen LogP contribution in [0.25, 0.3) is 0 Å². The van der Waals surface area contributed by atoms with Crippen molar-refractivity contribution in [1.29, 1.82) is 0 Å². The second-order valence-corrected chi connectivity index (χ2v) is 4.65. The molecule has 3 amide bonds. The molecule has 0 heterocycles. The summed E-state index contributed by atoms with van der Waals surface area (Å²) in [6.07, 6.45) is -1.42. The summed E-state index contributed by atoms with van der Waals surface area (Å²) in [6.45, 7) is 4.69. The molecule has 0 fully saturated rings. The number of aliphatic hydroxyl groups is 1. The molecule has 5 N–H and O–H groups in total. The van der Waals surface area contributed by atoms with Crippen molar-refractivity contribution in [3.8, 4) is 0 Å². The van der Waals surface area contributed by atoms with Crippen LogP contribution in [-0.2, 0) is 14.4 Å². The lowest BCUT2D eigenvalue weighted by Gasteiger charge is -2.17. The lowest BCUT2D eigenvalue weighted by atomic mass is 9.96. The number of nitrogens with two attached hydrogens (primary N) is 1. The second kappa shape index (κ2) is 6.19. The van der Waals surface area contributed by atoms with Crippen molar-refractivity contribution < 1.29 is 19.5 Å². The fraction of sp³-hybridized carbons (Fsp3) is 0.700. The Morgan fingerprint density at radius 2 is 1.76 bits per heavy atom. The highest BCUT2D eigenvalue weighted by Gasteiger charge is 2.21. The molecule has 0 radical (unpaired) electrons. The van der Waals surface area contributed by atoms with Crippen molar-refractivity contribution in [2.24, 2.45) is 11.1 Å². The van der Waals surface area contributed by atoms with Crippen LogP contribution in [0.15, 0.2) is 0 Å². The SMILES string of the molecule is CC(C)(C)C(=O)NCC(=O)NCC(O)C(N)=O. The molecule has 1 atom stereocenters. The third kappa shape index (κ3) is 6.52. The predicted molar refractivity (Wildman–Crippen MR) is 60.7 cm³/mol. The van der Waals surface area contributed by atoms with Crippen LogP contribution in [-0.4, -0.2) is 42.0 Å². The van der Waals surface area contributed by atoms with Crippen LogP contribution in [0.4, 0.5) is 0 Å². The number of carbonyl (C=O) groups is 3. The molecular formula is C10H19N3O4. The van der Waals surface area contributed by atoms with Crippen LogP contribution < -0.4 is 16.4 Å². The molecule has 0 aromatic heterocycles. The normalized spacial score (nSPS) is 12.7. The number of aliphatic hydroxyl groups excluding tert-OH is 1. The molecule has 17 heavy (non-hydrogen) atoms. The number of rotatable bonds is 5. The summed E-state index contributed by atoms with van der Waals surface area (Å²) < 4.78 is 0. The van der Waals surface area contributed by atoms with Crippen molar-refractivity contribution in [2.75, 3.05) is 13.1 Å². The molecule has 0 saturated heterocycles. The molecule has 0 aliphatic carbocycles. The van der Waals surface area contributed by atoms with Gasteiger partial charge in [0.2, 0.25) is 17.7 Å². The Hall–Kier alpha value is -1.63. The summed E-state index contributed by atoms with van der Waals surface area (Å²) in [4.78, 5) is 33.1. The van der Waals surface area contributed by atoms with Crippen molar-refractivity contribution in [2.45, 2.75) is 26.9 Å². The highest BCUT2D eigenvalue weighted by atomic mass is 16.3. The van der Waals surface area contributed by atoms with Gasteiger partial charge >= 0.3 is 0 Å². The highest BCUT2D eigenvalue weighted by molar-refractivity contribution is 5.87. The summed E-state index contributed by atoms with van der Waals surface area (Å²) in [6, 6.07) is 0. The molecule has 7 heteroatoms. The zero-order valence-corrected chi connectivity index (χ0v) is 10.2. The van der Waals surface area contributed by atoms with E-state index in [4.69, 9.17) is 10.8 Å². The first-order valence-electron chi connectivity index (χ1n) is 5.17. The van der Waals surface area contributed by atoms with E-state index in [-0.39, 0.29) is 19.0 Å². The van der Waals surface area contributed by atoms with Crippen LogP contribution in [0.1, 0.15) is 20.8 Å². The first-order chi connectivity index (χ1) is 7.64. The Kier molecular flexibility index (Phi) is 5.60. The van der Waals surface area contributed by atoms with E-state index in [0.717, 1.165) is 0 Å². The van der Waals surface area contributed by atoms with Gasteiger partial charge in [0.25, 0.3) is 0 Å². The van der Waals surface area contributed by atoms with Gasteiger partial charge in [0.05, 0.1) is 13.1 Å². The van der Waals surface area contributed by atoms with E-state index in [1.807, 2.05) is 0 Å². The molecule has 0 saturated carbocycles. The van der Waals surface area contributed by atoms with Gasteiger partial charge in [-0.1, -0.05) is 20.8 Å². The Labute approximate surface area is 99.7 Å². The van der Waals surface area contributed by atoms with Crippen LogP contribution in [0.3, 0.4) is 0 Å². The van der Waals surface area contributed by atoms with Gasteiger partial charge in [0.15, 0.2) is 0 Å². The van der Waals surface area contributed by atoms with Crippen LogP contribution in [0.5, 0.6) is 0 Å². The molecule has 0 aromatic rings. The minimum atomic E-state index is -1.42. The number of nitrogens with one attached hydrogen (secondary N) is 2. The Balaban J connectivity index is 3.89. The van der Waals surface area contributed by atoms with E-state index in [9.17, 15) is 14.4 Å². The Morgan fingerprint density at radius 1 is 1.24 bits per heavy atom. The summed E-state index contributed by atoms with van der Waals surface area (Å²) in [5.41, 5.74) is 4.22. The zero-order valence-electron chi connectivity index (χ0n) is 10.2. The van der Waals surface area contributed by atoms with Gasteiger partial charge in [-0.3, -0.25) is 14.4 Å². The molecule has 1 unspecified atom stereocenters. The standard InChI is InChI=1S/C10H19N3O4/c1-10(2,3)9(17)13-5-7(15)12-4-6(14)8(11)16/h6,14H,4-5H2,1-3H3,(H2,11,16)(H,12,15)(H,13,17). The number of carbonyl (C=O) groups excluding carboxylic acids is 3. The molecule has 0 aliphatic heterocycles. The minimum Gasteiger partial charge on any atom is -0.381 e. The van der Waals surface area contributed by atoms with Gasteiger partial charge in [-0.15, -0.1) is 0 Å². The first kappa shape index (κ1) is 15.4. The van der Waals surface area contributed by atoms with E-state index in [0.29, 0.717) is 0 Å². The first-order valence-corrected chi connectivity index (χ1v) is 5.17. The van der Waals surface area contributed by atoms with E-state index in [2.05, 4.69) is 10.6 Å². The molecule has 0 spiro atoms. The third-order valence-electron chi connectivity index (χ3n) is 1.91. The summed E-state index contributed by atoms with van der Waals surface area (Å²) in [5.74, 6) is -1.67. The smallest absolute Gasteiger partial charge is 0.248 e. The topological polar surface area (TPSA) is 122 Å². The predicted octanol–water partition coefficient (Wildman–Crippen LogP) is -1.89. The third-order valence-corrected chi connectivity index (χ3v) is 1.91. The van der Waals surface area contributed by atoms with E-state index in [1.54, 1.807) is 20.8 Å². The Bertz CT molecular complexity index is 309. The number of hydrogen-bond donors (Lipinski definition) is 4. The fourth-order valence-corrected chi connectivity index (χ4v) is 0.799. The molecule has 98 valence electrons. The van der Waals surface area contributed by atoms with Gasteiger partial charge < -0.3 is 21.5 Å². The summed E-state index contributed by atoms with van der Waals surface area (Å²) >= 11 is 0. The fourth-order valence-electron chi connectivity index (χ4n) is 0.799. The van der Waals surface area contributed by atoms with Crippen LogP contribution >= 0.6 is 0 Å². The molecule has 0 aliphatic rings. The van der Waals surface area contributed by atoms with Crippen molar-refractivity contribution >= 4 is 17.7 Å². The molecule has 0 aromatic carbocycles. The van der Waals surface area contributed by atoms with E-state index >= 15 is 0 Å². The molecule has 0 bridgehead atoms. The highest BCUT2D eigenvalue weighted by Crippen LogP contribution is 2.11. The summed E-state index contributed by atoms with van der Waals surface area (Å²) in [7, 11) is 0. The zero-order chi connectivity index (χ0) is 13.6. The van der Waals surface area contributed by atoms with E-state index in [1.165, 1.54) is 0 Å². The van der Waals surface area contributed by atoms with Gasteiger partial charge in [0, 0.05) is 5.41 Å². The van der Waals surface area contributed by atoms with Gasteiger partial charge in [-0.25, -0.2) is 0 Å². The molecule has 0 rings (SSSR count). The van der Waals surface area contributed by atoms with Gasteiger partial charge in [-0.05, 0) is 0 Å². The number of hydrogen-bond acceptors (Lipinski definition) is 4. The minimum absolute atomic E-state index is 0.207. The Morgan fingerprint density at radius 3 is 2.18 bits per heavy atom. The average Bonchev–Trinajstić information content (AvgIpc) is 2.20. The van der Waals surface area contributed by atoms with Crippen molar-refractivity contribution in [1.82, 2.24) is 10.6 Å².